The summed E-state index contributed by atoms with van der Waals surface area (Å²) in [6, 6.07) is 4.08. The lowest BCUT2D eigenvalue weighted by atomic mass is 10.4. The zero-order valence-electron chi connectivity index (χ0n) is 14.4. The van der Waals surface area contributed by atoms with Crippen LogP contribution in [0.5, 0.6) is 0 Å². The highest BCUT2D eigenvalue weighted by Gasteiger charge is 2.09. The summed E-state index contributed by atoms with van der Waals surface area (Å²) in [5, 5.41) is 7.56. The van der Waals surface area contributed by atoms with E-state index in [2.05, 4.69) is 69.1 Å². The fourth-order valence-electron chi connectivity index (χ4n) is 2.36. The summed E-state index contributed by atoms with van der Waals surface area (Å²) < 4.78 is 5.17. The predicted octanol–water partition coefficient (Wildman–Crippen LogP) is 3.09. The highest BCUT2D eigenvalue weighted by atomic mass is 127. The van der Waals surface area contributed by atoms with Crippen LogP contribution in [0.4, 0.5) is 0 Å². The molecule has 0 aliphatic carbocycles. The van der Waals surface area contributed by atoms with Gasteiger partial charge in [0, 0.05) is 62.5 Å². The molecule has 2 heterocycles. The van der Waals surface area contributed by atoms with Crippen molar-refractivity contribution in [1.29, 1.82) is 0 Å². The Morgan fingerprint density at radius 3 is 2.83 bits per heavy atom. The van der Waals surface area contributed by atoms with E-state index in [4.69, 9.17) is 4.99 Å². The van der Waals surface area contributed by atoms with Crippen molar-refractivity contribution in [2.45, 2.75) is 26.4 Å². The number of aryl methyl sites for hydroxylation is 2. The molecular weight excluding hydrogens is 483 g/mol. The largest absolute Gasteiger partial charge is 0.357 e. The SMILES string of the molecule is CCNC(=NCCCn1cccn1)N(C)Cc1cc(Br)cn1C.I. The molecule has 0 bridgehead atoms. The number of hydrogen-bond acceptors (Lipinski definition) is 2. The molecule has 2 aromatic rings. The zero-order chi connectivity index (χ0) is 16.7. The summed E-state index contributed by atoms with van der Waals surface area (Å²) in [4.78, 5) is 6.87. The summed E-state index contributed by atoms with van der Waals surface area (Å²) in [5.41, 5.74) is 1.24. The van der Waals surface area contributed by atoms with Gasteiger partial charge in [-0.25, -0.2) is 0 Å². The predicted molar refractivity (Wildman–Crippen MR) is 113 cm³/mol. The van der Waals surface area contributed by atoms with Gasteiger partial charge in [-0.3, -0.25) is 9.67 Å². The standard InChI is InChI=1S/C16H25BrN6.HI/c1-4-18-16(19-7-5-9-23-10-6-8-20-23)22(3)13-15-11-14(17)12-21(15)2;/h6,8,10-12H,4-5,7,9,13H2,1-3H3,(H,18,19);1H. The topological polar surface area (TPSA) is 50.4 Å². The summed E-state index contributed by atoms with van der Waals surface area (Å²) in [6.45, 7) is 5.44. The van der Waals surface area contributed by atoms with Crippen molar-refractivity contribution >= 4 is 45.9 Å². The summed E-state index contributed by atoms with van der Waals surface area (Å²) in [7, 11) is 4.12. The number of aliphatic imine (C=N–C) groups is 1. The Morgan fingerprint density at radius 2 is 2.25 bits per heavy atom. The van der Waals surface area contributed by atoms with Crippen molar-refractivity contribution in [3.8, 4) is 0 Å². The van der Waals surface area contributed by atoms with Crippen LogP contribution in [-0.2, 0) is 20.1 Å². The maximum atomic E-state index is 4.71. The van der Waals surface area contributed by atoms with Crippen LogP contribution in [0.1, 0.15) is 19.0 Å². The number of guanidine groups is 1. The van der Waals surface area contributed by atoms with Gasteiger partial charge in [-0.15, -0.1) is 24.0 Å². The molecule has 8 heteroatoms. The minimum absolute atomic E-state index is 0. The van der Waals surface area contributed by atoms with Crippen LogP contribution in [0.25, 0.3) is 0 Å². The third-order valence-electron chi connectivity index (χ3n) is 3.54. The van der Waals surface area contributed by atoms with Gasteiger partial charge in [0.2, 0.25) is 0 Å². The van der Waals surface area contributed by atoms with Crippen molar-refractivity contribution in [2.75, 3.05) is 20.1 Å². The van der Waals surface area contributed by atoms with Gasteiger partial charge in [0.25, 0.3) is 0 Å². The van der Waals surface area contributed by atoms with Crippen LogP contribution in [0.15, 0.2) is 40.2 Å². The zero-order valence-corrected chi connectivity index (χ0v) is 18.4. The van der Waals surface area contributed by atoms with Gasteiger partial charge in [-0.2, -0.15) is 5.10 Å². The highest BCUT2D eigenvalue weighted by molar-refractivity contribution is 14.0. The molecule has 2 aromatic heterocycles. The van der Waals surface area contributed by atoms with Crippen molar-refractivity contribution in [3.63, 3.8) is 0 Å². The number of hydrogen-bond donors (Lipinski definition) is 1. The number of rotatable bonds is 7. The number of aromatic nitrogens is 3. The molecule has 0 spiro atoms. The molecule has 0 aliphatic rings. The smallest absolute Gasteiger partial charge is 0.194 e. The summed E-state index contributed by atoms with van der Waals surface area (Å²) in [5.74, 6) is 0.935. The molecular formula is C16H26BrIN6. The molecule has 0 amide bonds. The Labute approximate surface area is 169 Å². The Hall–Kier alpha value is -1.03. The van der Waals surface area contributed by atoms with E-state index in [0.717, 1.165) is 43.0 Å². The van der Waals surface area contributed by atoms with Crippen molar-refractivity contribution in [1.82, 2.24) is 24.6 Å². The Balaban J connectivity index is 0.00000288. The minimum atomic E-state index is 0. The Bertz CT molecular complexity index is 623. The Kier molecular flexibility index (Phi) is 9.42. The van der Waals surface area contributed by atoms with E-state index < -0.39 is 0 Å². The van der Waals surface area contributed by atoms with Gasteiger partial charge in [0.1, 0.15) is 0 Å². The van der Waals surface area contributed by atoms with Crippen molar-refractivity contribution in [2.24, 2.45) is 12.0 Å². The quantitative estimate of drug-likeness (QED) is 0.270. The van der Waals surface area contributed by atoms with Gasteiger partial charge in [-0.05, 0) is 41.4 Å². The molecule has 1 N–H and O–H groups in total. The summed E-state index contributed by atoms with van der Waals surface area (Å²) >= 11 is 3.52. The first-order valence-electron chi connectivity index (χ1n) is 7.87. The molecule has 0 atom stereocenters. The molecule has 0 aromatic carbocycles. The highest BCUT2D eigenvalue weighted by Crippen LogP contribution is 2.14. The van der Waals surface area contributed by atoms with E-state index in [1.807, 2.05) is 16.9 Å². The lowest BCUT2D eigenvalue weighted by molar-refractivity contribution is 0.460. The Morgan fingerprint density at radius 1 is 1.46 bits per heavy atom. The number of nitrogens with one attached hydrogen (secondary N) is 1. The van der Waals surface area contributed by atoms with Gasteiger partial charge >= 0.3 is 0 Å². The molecule has 2 rings (SSSR count). The van der Waals surface area contributed by atoms with E-state index >= 15 is 0 Å². The van der Waals surface area contributed by atoms with E-state index in [1.54, 1.807) is 6.20 Å². The lowest BCUT2D eigenvalue weighted by Gasteiger charge is -2.22. The molecule has 0 radical (unpaired) electrons. The fourth-order valence-corrected chi connectivity index (χ4v) is 2.93. The molecule has 0 aliphatic heterocycles. The van der Waals surface area contributed by atoms with Crippen LogP contribution in [0, 0.1) is 0 Å². The van der Waals surface area contributed by atoms with E-state index in [-0.39, 0.29) is 24.0 Å². The molecule has 134 valence electrons. The van der Waals surface area contributed by atoms with Gasteiger partial charge in [0.05, 0.1) is 6.54 Å². The van der Waals surface area contributed by atoms with Crippen LogP contribution in [0.3, 0.4) is 0 Å². The number of halogens is 2. The van der Waals surface area contributed by atoms with Crippen molar-refractivity contribution in [3.05, 3.63) is 40.9 Å². The van der Waals surface area contributed by atoms with Gasteiger partial charge in [-0.1, -0.05) is 0 Å². The third-order valence-corrected chi connectivity index (χ3v) is 3.97. The average molecular weight is 509 g/mol. The second kappa shape index (κ2) is 10.8. The first-order valence-corrected chi connectivity index (χ1v) is 8.67. The van der Waals surface area contributed by atoms with E-state index in [0.29, 0.717) is 0 Å². The second-order valence-electron chi connectivity index (χ2n) is 5.47. The minimum Gasteiger partial charge on any atom is -0.357 e. The van der Waals surface area contributed by atoms with Crippen LogP contribution in [0.2, 0.25) is 0 Å². The third kappa shape index (κ3) is 6.46. The summed E-state index contributed by atoms with van der Waals surface area (Å²) in [6.07, 6.45) is 6.82. The molecule has 0 saturated heterocycles. The van der Waals surface area contributed by atoms with Crippen LogP contribution >= 0.6 is 39.9 Å². The average Bonchev–Trinajstić information content (AvgIpc) is 3.12. The van der Waals surface area contributed by atoms with Crippen molar-refractivity contribution < 1.29 is 0 Å². The molecule has 6 nitrogen and oxygen atoms in total. The molecule has 0 unspecified atom stereocenters. The number of nitrogens with zero attached hydrogens (tertiary/aromatic N) is 5. The molecule has 24 heavy (non-hydrogen) atoms. The fraction of sp³-hybridized carbons (Fsp3) is 0.500. The van der Waals surface area contributed by atoms with Crippen LogP contribution in [-0.4, -0.2) is 45.3 Å². The van der Waals surface area contributed by atoms with Gasteiger partial charge < -0.3 is 14.8 Å². The monoisotopic (exact) mass is 508 g/mol. The lowest BCUT2D eigenvalue weighted by Crippen LogP contribution is -2.38. The van der Waals surface area contributed by atoms with Gasteiger partial charge in [0.15, 0.2) is 5.96 Å². The van der Waals surface area contributed by atoms with E-state index in [1.165, 1.54) is 5.69 Å². The second-order valence-corrected chi connectivity index (χ2v) is 6.39. The first kappa shape index (κ1) is 21.0. The normalized spacial score (nSPS) is 11.2. The van der Waals surface area contributed by atoms with E-state index in [9.17, 15) is 0 Å². The molecule has 0 saturated carbocycles. The molecule has 0 fully saturated rings. The first-order chi connectivity index (χ1) is 11.1. The maximum absolute atomic E-state index is 4.71. The maximum Gasteiger partial charge on any atom is 0.194 e. The van der Waals surface area contributed by atoms with Crippen LogP contribution < -0.4 is 5.32 Å².